The van der Waals surface area contributed by atoms with Crippen LogP contribution in [0.1, 0.15) is 11.1 Å². The molecule has 0 unspecified atom stereocenters. The molecule has 0 radical (unpaired) electrons. The Kier molecular flexibility index (Phi) is 4.27. The van der Waals surface area contributed by atoms with E-state index in [0.717, 1.165) is 24.3 Å². The molecule has 4 nitrogen and oxygen atoms in total. The van der Waals surface area contributed by atoms with Crippen molar-refractivity contribution in [1.29, 1.82) is 0 Å². The Morgan fingerprint density at radius 2 is 1.90 bits per heavy atom. The highest BCUT2D eigenvalue weighted by Gasteiger charge is 2.07. The number of hydrogen-bond acceptors (Lipinski definition) is 3. The standard InChI is InChI=1S/C15H11F2NO3/c1-9-4-10(2-3-14(19)20)8-18-15(9)21-13-6-11(16)5-12(17)7-13/h2-8H,1H3,(H,19,20)/b3-2+. The molecule has 0 saturated carbocycles. The van der Waals surface area contributed by atoms with Gasteiger partial charge in [0.1, 0.15) is 17.4 Å². The van der Waals surface area contributed by atoms with Crippen LogP contribution in [0.4, 0.5) is 8.78 Å². The lowest BCUT2D eigenvalue weighted by Crippen LogP contribution is -1.94. The zero-order chi connectivity index (χ0) is 15.4. The Morgan fingerprint density at radius 3 is 2.48 bits per heavy atom. The zero-order valence-electron chi connectivity index (χ0n) is 11.0. The van der Waals surface area contributed by atoms with Gasteiger partial charge in [0.15, 0.2) is 0 Å². The molecule has 0 aliphatic rings. The lowest BCUT2D eigenvalue weighted by Gasteiger charge is -2.08. The van der Waals surface area contributed by atoms with E-state index in [9.17, 15) is 13.6 Å². The van der Waals surface area contributed by atoms with Crippen molar-refractivity contribution in [3.05, 3.63) is 59.3 Å². The first-order chi connectivity index (χ1) is 9.94. The van der Waals surface area contributed by atoms with Crippen LogP contribution in [0, 0.1) is 18.6 Å². The topological polar surface area (TPSA) is 59.4 Å². The first-order valence-corrected chi connectivity index (χ1v) is 5.95. The van der Waals surface area contributed by atoms with Crippen LogP contribution in [0.2, 0.25) is 0 Å². The SMILES string of the molecule is Cc1cc(/C=C/C(=O)O)cnc1Oc1cc(F)cc(F)c1. The lowest BCUT2D eigenvalue weighted by molar-refractivity contribution is -0.131. The van der Waals surface area contributed by atoms with E-state index in [1.54, 1.807) is 13.0 Å². The van der Waals surface area contributed by atoms with Crippen LogP contribution >= 0.6 is 0 Å². The molecule has 6 heteroatoms. The average Bonchev–Trinajstić information content (AvgIpc) is 2.38. The van der Waals surface area contributed by atoms with Gasteiger partial charge in [-0.15, -0.1) is 0 Å². The smallest absolute Gasteiger partial charge is 0.328 e. The predicted molar refractivity (Wildman–Crippen MR) is 72.1 cm³/mol. The molecule has 0 bridgehead atoms. The predicted octanol–water partition coefficient (Wildman–Crippen LogP) is 3.56. The van der Waals surface area contributed by atoms with Crippen molar-refractivity contribution in [1.82, 2.24) is 4.98 Å². The van der Waals surface area contributed by atoms with Crippen LogP contribution < -0.4 is 4.74 Å². The quantitative estimate of drug-likeness (QED) is 0.875. The summed E-state index contributed by atoms with van der Waals surface area (Å²) in [7, 11) is 0. The van der Waals surface area contributed by atoms with E-state index in [1.165, 1.54) is 12.3 Å². The molecular formula is C15H11F2NO3. The van der Waals surface area contributed by atoms with Crippen LogP contribution in [0.25, 0.3) is 6.08 Å². The molecule has 1 aromatic heterocycles. The Bertz CT molecular complexity index is 694. The molecule has 0 amide bonds. The number of rotatable bonds is 4. The van der Waals surface area contributed by atoms with Crippen molar-refractivity contribution in [2.24, 2.45) is 0 Å². The van der Waals surface area contributed by atoms with Gasteiger partial charge in [0.25, 0.3) is 0 Å². The first kappa shape index (κ1) is 14.6. The maximum Gasteiger partial charge on any atom is 0.328 e. The third-order valence-corrected chi connectivity index (χ3v) is 2.52. The lowest BCUT2D eigenvalue weighted by atomic mass is 10.2. The third-order valence-electron chi connectivity index (χ3n) is 2.52. The Morgan fingerprint density at radius 1 is 1.24 bits per heavy atom. The molecule has 2 rings (SSSR count). The number of pyridine rings is 1. The fourth-order valence-corrected chi connectivity index (χ4v) is 1.65. The highest BCUT2D eigenvalue weighted by atomic mass is 19.1. The maximum absolute atomic E-state index is 13.1. The monoisotopic (exact) mass is 291 g/mol. The third kappa shape index (κ3) is 4.10. The molecule has 1 heterocycles. The van der Waals surface area contributed by atoms with Crippen molar-refractivity contribution < 1.29 is 23.4 Å². The van der Waals surface area contributed by atoms with Gasteiger partial charge in [0, 0.05) is 36.0 Å². The van der Waals surface area contributed by atoms with Gasteiger partial charge in [0.2, 0.25) is 5.88 Å². The van der Waals surface area contributed by atoms with E-state index in [4.69, 9.17) is 9.84 Å². The average molecular weight is 291 g/mol. The summed E-state index contributed by atoms with van der Waals surface area (Å²) in [5, 5.41) is 8.54. The summed E-state index contributed by atoms with van der Waals surface area (Å²) in [6.07, 6.45) is 3.77. The molecule has 1 aromatic carbocycles. The van der Waals surface area contributed by atoms with Gasteiger partial charge in [-0.1, -0.05) is 0 Å². The fourth-order valence-electron chi connectivity index (χ4n) is 1.65. The normalized spacial score (nSPS) is 10.8. The minimum absolute atomic E-state index is 0.00284. The van der Waals surface area contributed by atoms with Crippen molar-refractivity contribution in [3.63, 3.8) is 0 Å². The molecule has 0 spiro atoms. The molecule has 0 aliphatic carbocycles. The maximum atomic E-state index is 13.1. The number of carboxylic acids is 1. The van der Waals surface area contributed by atoms with Crippen LogP contribution in [0.5, 0.6) is 11.6 Å². The number of benzene rings is 1. The van der Waals surface area contributed by atoms with E-state index in [1.807, 2.05) is 0 Å². The van der Waals surface area contributed by atoms with Gasteiger partial charge in [-0.05, 0) is 24.6 Å². The zero-order valence-corrected chi connectivity index (χ0v) is 11.0. The molecular weight excluding hydrogens is 280 g/mol. The summed E-state index contributed by atoms with van der Waals surface area (Å²) in [5.41, 5.74) is 1.18. The number of aryl methyl sites for hydroxylation is 1. The summed E-state index contributed by atoms with van der Waals surface area (Å²) >= 11 is 0. The molecule has 0 atom stereocenters. The summed E-state index contributed by atoms with van der Waals surface area (Å²) in [6.45, 7) is 1.69. The summed E-state index contributed by atoms with van der Waals surface area (Å²) in [6, 6.07) is 4.48. The van der Waals surface area contributed by atoms with Crippen LogP contribution in [-0.4, -0.2) is 16.1 Å². The molecule has 21 heavy (non-hydrogen) atoms. The van der Waals surface area contributed by atoms with E-state index in [2.05, 4.69) is 4.98 Å². The molecule has 0 aliphatic heterocycles. The van der Waals surface area contributed by atoms with Crippen molar-refractivity contribution in [3.8, 4) is 11.6 Å². The van der Waals surface area contributed by atoms with Crippen LogP contribution in [0.15, 0.2) is 36.5 Å². The number of carboxylic acid groups (broad SMARTS) is 1. The van der Waals surface area contributed by atoms with Crippen LogP contribution in [0.3, 0.4) is 0 Å². The fraction of sp³-hybridized carbons (Fsp3) is 0.0667. The van der Waals surface area contributed by atoms with E-state index in [-0.39, 0.29) is 11.6 Å². The molecule has 0 fully saturated rings. The van der Waals surface area contributed by atoms with Crippen molar-refractivity contribution in [2.45, 2.75) is 6.92 Å². The van der Waals surface area contributed by atoms with Crippen molar-refractivity contribution >= 4 is 12.0 Å². The molecule has 0 saturated heterocycles. The van der Waals surface area contributed by atoms with E-state index >= 15 is 0 Å². The Labute approximate surface area is 119 Å². The molecule has 1 N–H and O–H groups in total. The Balaban J connectivity index is 2.23. The van der Waals surface area contributed by atoms with Gasteiger partial charge >= 0.3 is 5.97 Å². The minimum atomic E-state index is -1.07. The Hall–Kier alpha value is -2.76. The minimum Gasteiger partial charge on any atom is -0.478 e. The number of carbonyl (C=O) groups is 1. The van der Waals surface area contributed by atoms with Gasteiger partial charge in [0.05, 0.1) is 0 Å². The van der Waals surface area contributed by atoms with Gasteiger partial charge < -0.3 is 9.84 Å². The van der Waals surface area contributed by atoms with E-state index < -0.39 is 17.6 Å². The number of halogens is 2. The number of nitrogens with zero attached hydrogens (tertiary/aromatic N) is 1. The summed E-state index contributed by atoms with van der Waals surface area (Å²) in [5.74, 6) is -2.38. The second-order valence-corrected chi connectivity index (χ2v) is 4.27. The largest absolute Gasteiger partial charge is 0.478 e. The number of hydrogen-bond donors (Lipinski definition) is 1. The number of aromatic nitrogens is 1. The number of aliphatic carboxylic acids is 1. The van der Waals surface area contributed by atoms with Crippen LogP contribution in [-0.2, 0) is 4.79 Å². The summed E-state index contributed by atoms with van der Waals surface area (Å²) in [4.78, 5) is 14.4. The van der Waals surface area contributed by atoms with Gasteiger partial charge in [-0.3, -0.25) is 0 Å². The van der Waals surface area contributed by atoms with Gasteiger partial charge in [-0.25, -0.2) is 18.6 Å². The van der Waals surface area contributed by atoms with Gasteiger partial charge in [-0.2, -0.15) is 0 Å². The first-order valence-electron chi connectivity index (χ1n) is 5.95. The summed E-state index contributed by atoms with van der Waals surface area (Å²) < 4.78 is 31.5. The highest BCUT2D eigenvalue weighted by Crippen LogP contribution is 2.25. The molecule has 2 aromatic rings. The highest BCUT2D eigenvalue weighted by molar-refractivity contribution is 5.85. The van der Waals surface area contributed by atoms with E-state index in [0.29, 0.717) is 11.1 Å². The number of ether oxygens (including phenoxy) is 1. The second kappa shape index (κ2) is 6.13. The van der Waals surface area contributed by atoms with Crippen molar-refractivity contribution in [2.75, 3.05) is 0 Å². The second-order valence-electron chi connectivity index (χ2n) is 4.27. The molecule has 108 valence electrons.